The number of aromatic amines is 1. The lowest BCUT2D eigenvalue weighted by Crippen LogP contribution is -1.94. The maximum absolute atomic E-state index is 4.51. The molecule has 3 nitrogen and oxygen atoms in total. The summed E-state index contributed by atoms with van der Waals surface area (Å²) in [5.41, 5.74) is 1.86. The zero-order valence-corrected chi connectivity index (χ0v) is 8.62. The van der Waals surface area contributed by atoms with Crippen molar-refractivity contribution in [1.82, 2.24) is 15.0 Å². The minimum absolute atomic E-state index is 0.495. The highest BCUT2D eigenvalue weighted by molar-refractivity contribution is 5.69. The number of hydrogen-bond donors (Lipinski definition) is 1. The molecule has 0 saturated carbocycles. The molecule has 0 spiro atoms. The molecule has 2 aromatic rings. The molecule has 0 fully saturated rings. The molecule has 74 valence electrons. The van der Waals surface area contributed by atoms with Gasteiger partial charge in [-0.15, -0.1) is 0 Å². The Hall–Kier alpha value is -1.38. The van der Waals surface area contributed by atoms with Gasteiger partial charge in [0, 0.05) is 12.1 Å². The molecule has 2 aromatic heterocycles. The predicted octanol–water partition coefficient (Wildman–Crippen LogP) is 2.86. The number of rotatable bonds is 3. The summed E-state index contributed by atoms with van der Waals surface area (Å²) in [7, 11) is 0. The fourth-order valence-corrected chi connectivity index (χ4v) is 1.67. The minimum Gasteiger partial charge on any atom is -0.326 e. The Balaban J connectivity index is 2.35. The van der Waals surface area contributed by atoms with Crippen LogP contribution in [0.3, 0.4) is 0 Å². The number of pyridine rings is 1. The van der Waals surface area contributed by atoms with E-state index in [1.807, 2.05) is 12.1 Å². The molecule has 0 aromatic carbocycles. The number of fused-ring (bicyclic) bond motifs is 1. The third-order valence-electron chi connectivity index (χ3n) is 2.46. The average molecular weight is 189 g/mol. The molecular weight excluding hydrogens is 174 g/mol. The van der Waals surface area contributed by atoms with Crippen molar-refractivity contribution in [2.24, 2.45) is 0 Å². The third-order valence-corrected chi connectivity index (χ3v) is 2.46. The summed E-state index contributed by atoms with van der Waals surface area (Å²) < 4.78 is 0. The quantitative estimate of drug-likeness (QED) is 0.806. The van der Waals surface area contributed by atoms with E-state index in [-0.39, 0.29) is 0 Å². The number of aromatic nitrogens is 3. The van der Waals surface area contributed by atoms with Gasteiger partial charge in [-0.2, -0.15) is 0 Å². The maximum atomic E-state index is 4.51. The second kappa shape index (κ2) is 3.78. The zero-order chi connectivity index (χ0) is 9.97. The van der Waals surface area contributed by atoms with Crippen LogP contribution in [0.4, 0.5) is 0 Å². The largest absolute Gasteiger partial charge is 0.326 e. The van der Waals surface area contributed by atoms with Crippen LogP contribution in [-0.2, 0) is 0 Å². The van der Waals surface area contributed by atoms with Crippen LogP contribution in [0, 0.1) is 0 Å². The van der Waals surface area contributed by atoms with Crippen LogP contribution in [0.25, 0.3) is 11.2 Å². The van der Waals surface area contributed by atoms with Gasteiger partial charge < -0.3 is 4.98 Å². The number of imidazole rings is 1. The molecule has 0 aliphatic heterocycles. The number of H-pyrrole nitrogens is 1. The first-order valence-corrected chi connectivity index (χ1v) is 5.12. The molecule has 2 heterocycles. The highest BCUT2D eigenvalue weighted by Gasteiger charge is 2.09. The molecule has 1 unspecified atom stereocenters. The lowest BCUT2D eigenvalue weighted by atomic mass is 10.1. The summed E-state index contributed by atoms with van der Waals surface area (Å²) in [6, 6.07) is 3.90. The fraction of sp³-hybridized carbons (Fsp3) is 0.455. The molecule has 14 heavy (non-hydrogen) atoms. The highest BCUT2D eigenvalue weighted by atomic mass is 15.0. The molecule has 0 amide bonds. The normalized spacial score (nSPS) is 13.3. The lowest BCUT2D eigenvalue weighted by molar-refractivity contribution is 0.635. The Labute approximate surface area is 83.6 Å². The van der Waals surface area contributed by atoms with Crippen molar-refractivity contribution in [2.75, 3.05) is 0 Å². The van der Waals surface area contributed by atoms with Gasteiger partial charge in [0.25, 0.3) is 0 Å². The second-order valence-electron chi connectivity index (χ2n) is 3.68. The SMILES string of the molecule is CCCC(C)c1nc2cccnc2[nH]1. The smallest absolute Gasteiger partial charge is 0.157 e. The van der Waals surface area contributed by atoms with Crippen LogP contribution in [0.15, 0.2) is 18.3 Å². The number of nitrogens with zero attached hydrogens (tertiary/aromatic N) is 2. The Kier molecular flexibility index (Phi) is 2.48. The van der Waals surface area contributed by atoms with E-state index < -0.39 is 0 Å². The van der Waals surface area contributed by atoms with Crippen molar-refractivity contribution < 1.29 is 0 Å². The molecule has 0 saturated heterocycles. The van der Waals surface area contributed by atoms with E-state index in [1.54, 1.807) is 6.20 Å². The minimum atomic E-state index is 0.495. The first-order valence-electron chi connectivity index (χ1n) is 5.12. The van der Waals surface area contributed by atoms with Crippen LogP contribution in [0.5, 0.6) is 0 Å². The molecule has 0 aliphatic carbocycles. The number of nitrogens with one attached hydrogen (secondary N) is 1. The molecular formula is C11H15N3. The van der Waals surface area contributed by atoms with Crippen molar-refractivity contribution in [3.63, 3.8) is 0 Å². The third kappa shape index (κ3) is 1.62. The fourth-order valence-electron chi connectivity index (χ4n) is 1.67. The van der Waals surface area contributed by atoms with E-state index in [0.29, 0.717) is 5.92 Å². The van der Waals surface area contributed by atoms with Gasteiger partial charge >= 0.3 is 0 Å². The molecule has 1 N–H and O–H groups in total. The summed E-state index contributed by atoms with van der Waals surface area (Å²) in [5, 5.41) is 0. The van der Waals surface area contributed by atoms with E-state index in [0.717, 1.165) is 17.0 Å². The van der Waals surface area contributed by atoms with E-state index in [2.05, 4.69) is 28.8 Å². The van der Waals surface area contributed by atoms with Crippen LogP contribution in [0.1, 0.15) is 38.4 Å². The Morgan fingerprint density at radius 1 is 1.50 bits per heavy atom. The van der Waals surface area contributed by atoms with Gasteiger partial charge in [0.1, 0.15) is 11.3 Å². The summed E-state index contributed by atoms with van der Waals surface area (Å²) >= 11 is 0. The van der Waals surface area contributed by atoms with Crippen LogP contribution >= 0.6 is 0 Å². The standard InChI is InChI=1S/C11H15N3/c1-3-5-8(2)10-13-9-6-4-7-12-11(9)14-10/h4,6-8H,3,5H2,1-2H3,(H,12,13,14). The van der Waals surface area contributed by atoms with Crippen LogP contribution in [-0.4, -0.2) is 15.0 Å². The van der Waals surface area contributed by atoms with Gasteiger partial charge in [-0.3, -0.25) is 0 Å². The monoisotopic (exact) mass is 189 g/mol. The van der Waals surface area contributed by atoms with Gasteiger partial charge in [-0.1, -0.05) is 20.3 Å². The zero-order valence-electron chi connectivity index (χ0n) is 8.62. The van der Waals surface area contributed by atoms with Crippen molar-refractivity contribution >= 4 is 11.2 Å². The Morgan fingerprint density at radius 2 is 2.36 bits per heavy atom. The number of hydrogen-bond acceptors (Lipinski definition) is 2. The van der Waals surface area contributed by atoms with Gasteiger partial charge in [-0.05, 0) is 18.6 Å². The van der Waals surface area contributed by atoms with Crippen molar-refractivity contribution in [3.8, 4) is 0 Å². The average Bonchev–Trinajstić information content (AvgIpc) is 2.61. The summed E-state index contributed by atoms with van der Waals surface area (Å²) in [5.74, 6) is 1.55. The molecule has 1 atom stereocenters. The summed E-state index contributed by atoms with van der Waals surface area (Å²) in [6.07, 6.45) is 4.14. The van der Waals surface area contributed by atoms with E-state index in [4.69, 9.17) is 0 Å². The molecule has 0 bridgehead atoms. The Morgan fingerprint density at radius 3 is 3.07 bits per heavy atom. The summed E-state index contributed by atoms with van der Waals surface area (Å²) in [6.45, 7) is 4.39. The van der Waals surface area contributed by atoms with Crippen LogP contribution < -0.4 is 0 Å². The lowest BCUT2D eigenvalue weighted by Gasteiger charge is -2.04. The second-order valence-corrected chi connectivity index (χ2v) is 3.68. The van der Waals surface area contributed by atoms with E-state index >= 15 is 0 Å². The molecule has 2 rings (SSSR count). The van der Waals surface area contributed by atoms with Crippen molar-refractivity contribution in [3.05, 3.63) is 24.2 Å². The first kappa shape index (κ1) is 9.19. The van der Waals surface area contributed by atoms with Gasteiger partial charge in [-0.25, -0.2) is 9.97 Å². The Bertz CT molecular complexity index is 386. The first-order chi connectivity index (χ1) is 6.81. The van der Waals surface area contributed by atoms with E-state index in [1.165, 1.54) is 12.8 Å². The molecule has 0 radical (unpaired) electrons. The van der Waals surface area contributed by atoms with Gasteiger partial charge in [0.2, 0.25) is 0 Å². The van der Waals surface area contributed by atoms with Gasteiger partial charge in [0.15, 0.2) is 5.65 Å². The highest BCUT2D eigenvalue weighted by Crippen LogP contribution is 2.19. The van der Waals surface area contributed by atoms with E-state index in [9.17, 15) is 0 Å². The van der Waals surface area contributed by atoms with Gasteiger partial charge in [0.05, 0.1) is 0 Å². The van der Waals surface area contributed by atoms with Crippen LogP contribution in [0.2, 0.25) is 0 Å². The van der Waals surface area contributed by atoms with Crippen molar-refractivity contribution in [1.29, 1.82) is 0 Å². The summed E-state index contributed by atoms with van der Waals surface area (Å²) in [4.78, 5) is 12.0. The maximum Gasteiger partial charge on any atom is 0.157 e. The molecule has 0 aliphatic rings. The predicted molar refractivity (Wildman–Crippen MR) is 57.2 cm³/mol. The topological polar surface area (TPSA) is 41.6 Å². The van der Waals surface area contributed by atoms with Crippen molar-refractivity contribution in [2.45, 2.75) is 32.6 Å². The molecule has 3 heteroatoms.